The molecular weight excluding hydrogens is 767 g/mol. The largest absolute Gasteiger partial charge is 0.491 e. The highest BCUT2D eigenvalue weighted by molar-refractivity contribution is 5.39. The average Bonchev–Trinajstić information content (AvgIpc) is 3.57. The number of aromatic nitrogens is 2. The van der Waals surface area contributed by atoms with Crippen LogP contribution in [0.4, 0.5) is 8.78 Å². The zero-order chi connectivity index (χ0) is 41.8. The summed E-state index contributed by atoms with van der Waals surface area (Å²) in [4.78, 5) is 0. The molecule has 9 nitrogen and oxygen atoms in total. The van der Waals surface area contributed by atoms with Gasteiger partial charge >= 0.3 is 0 Å². The Morgan fingerprint density at radius 2 is 1.10 bits per heavy atom. The van der Waals surface area contributed by atoms with Gasteiger partial charge in [0.1, 0.15) is 24.4 Å². The standard InChI is InChI=1S/C49H52F2N2O7/c1-33(2)53-34(3)40(25-39-26-41(50)44(54-4)42(51)27-39)48(52-53)60-49-47(58-31-38-23-15-8-16-24-38)46(57-30-37-21-13-7-14-22-37)45(56-29-36-19-11-6-12-20-36)43(59-49)32-55-28-35-17-9-5-10-18-35/h5-24,26-27,33,43,45-47,49H,25,28-32H2,1-4H3/t43-,45-,46+,47-,49+/m1/s1. The normalized spacial score (nSPS) is 19.1. The van der Waals surface area contributed by atoms with E-state index in [4.69, 9.17) is 38.3 Å². The highest BCUT2D eigenvalue weighted by Crippen LogP contribution is 2.35. The number of halogens is 2. The third-order valence-corrected chi connectivity index (χ3v) is 10.4. The quantitative estimate of drug-likeness (QED) is 0.0800. The van der Waals surface area contributed by atoms with E-state index in [0.29, 0.717) is 17.7 Å². The van der Waals surface area contributed by atoms with Gasteiger partial charge in [0.25, 0.3) is 0 Å². The van der Waals surface area contributed by atoms with Gasteiger partial charge in [-0.05, 0) is 60.7 Å². The van der Waals surface area contributed by atoms with E-state index in [1.165, 1.54) is 19.2 Å². The second kappa shape index (κ2) is 20.7. The Bertz CT molecular complexity index is 2200. The lowest BCUT2D eigenvalue weighted by molar-refractivity contribution is -0.310. The van der Waals surface area contributed by atoms with Crippen LogP contribution in [0.1, 0.15) is 59.0 Å². The first-order valence-corrected chi connectivity index (χ1v) is 20.3. The van der Waals surface area contributed by atoms with Crippen molar-refractivity contribution in [3.8, 4) is 11.6 Å². The topological polar surface area (TPSA) is 82.4 Å². The summed E-state index contributed by atoms with van der Waals surface area (Å²) in [6.45, 7) is 7.17. The molecule has 1 aliphatic rings. The molecule has 6 aromatic rings. The minimum Gasteiger partial charge on any atom is -0.491 e. The number of hydrogen-bond acceptors (Lipinski definition) is 8. The van der Waals surface area contributed by atoms with Gasteiger partial charge in [0.2, 0.25) is 12.2 Å². The molecule has 11 heteroatoms. The van der Waals surface area contributed by atoms with Crippen LogP contribution in [0.5, 0.6) is 11.6 Å². The van der Waals surface area contributed by atoms with Crippen molar-refractivity contribution < 1.29 is 41.9 Å². The van der Waals surface area contributed by atoms with Gasteiger partial charge in [0.05, 0.1) is 40.1 Å². The van der Waals surface area contributed by atoms with Crippen molar-refractivity contribution in [3.63, 3.8) is 0 Å². The highest BCUT2D eigenvalue weighted by Gasteiger charge is 2.50. The van der Waals surface area contributed by atoms with Crippen molar-refractivity contribution >= 4 is 0 Å². The predicted molar refractivity (Wildman–Crippen MR) is 224 cm³/mol. The zero-order valence-electron chi connectivity index (χ0n) is 34.4. The lowest BCUT2D eigenvalue weighted by Gasteiger charge is -2.45. The van der Waals surface area contributed by atoms with Crippen LogP contribution >= 0.6 is 0 Å². The van der Waals surface area contributed by atoms with Crippen LogP contribution in [-0.2, 0) is 56.5 Å². The molecule has 1 saturated heterocycles. The summed E-state index contributed by atoms with van der Waals surface area (Å²) in [5.41, 5.74) is 5.70. The smallest absolute Gasteiger partial charge is 0.239 e. The van der Waals surface area contributed by atoms with Gasteiger partial charge < -0.3 is 33.2 Å². The molecule has 0 unspecified atom stereocenters. The van der Waals surface area contributed by atoms with Crippen molar-refractivity contribution in [2.24, 2.45) is 0 Å². The van der Waals surface area contributed by atoms with Crippen molar-refractivity contribution in [1.82, 2.24) is 9.78 Å². The first-order valence-electron chi connectivity index (χ1n) is 20.3. The van der Waals surface area contributed by atoms with Crippen molar-refractivity contribution in [1.29, 1.82) is 0 Å². The lowest BCUT2D eigenvalue weighted by atomic mass is 9.97. The minimum absolute atomic E-state index is 0.0558. The molecule has 0 bridgehead atoms. The molecule has 1 aromatic heterocycles. The molecule has 314 valence electrons. The van der Waals surface area contributed by atoms with Crippen LogP contribution in [-0.4, -0.2) is 54.2 Å². The summed E-state index contributed by atoms with van der Waals surface area (Å²) in [6, 6.07) is 42.1. The molecule has 0 aliphatic carbocycles. The highest BCUT2D eigenvalue weighted by atomic mass is 19.1. The molecule has 60 heavy (non-hydrogen) atoms. The van der Waals surface area contributed by atoms with Crippen LogP contribution in [0.2, 0.25) is 0 Å². The van der Waals surface area contributed by atoms with Gasteiger partial charge in [0, 0.05) is 23.7 Å². The summed E-state index contributed by atoms with van der Waals surface area (Å²) < 4.78 is 77.5. The van der Waals surface area contributed by atoms with Gasteiger partial charge in [-0.15, -0.1) is 5.10 Å². The van der Waals surface area contributed by atoms with E-state index < -0.39 is 48.1 Å². The van der Waals surface area contributed by atoms with Crippen LogP contribution in [0.25, 0.3) is 0 Å². The first-order chi connectivity index (χ1) is 29.3. The molecule has 1 fully saturated rings. The Kier molecular flexibility index (Phi) is 14.7. The van der Waals surface area contributed by atoms with E-state index in [0.717, 1.165) is 27.9 Å². The third kappa shape index (κ3) is 10.8. The number of nitrogens with zero attached hydrogens (tertiary/aromatic N) is 2. The Morgan fingerprint density at radius 3 is 1.58 bits per heavy atom. The van der Waals surface area contributed by atoms with Gasteiger partial charge in [-0.3, -0.25) is 4.68 Å². The van der Waals surface area contributed by atoms with Crippen molar-refractivity contribution in [2.75, 3.05) is 13.7 Å². The maximum atomic E-state index is 15.0. The summed E-state index contributed by atoms with van der Waals surface area (Å²) in [7, 11) is 1.23. The van der Waals surface area contributed by atoms with Gasteiger partial charge in [-0.1, -0.05) is 121 Å². The number of benzene rings is 5. The van der Waals surface area contributed by atoms with E-state index in [9.17, 15) is 0 Å². The maximum Gasteiger partial charge on any atom is 0.239 e. The molecule has 0 saturated carbocycles. The Balaban J connectivity index is 1.28. The summed E-state index contributed by atoms with van der Waals surface area (Å²) in [5, 5.41) is 4.91. The molecule has 5 aromatic carbocycles. The minimum atomic E-state index is -1.09. The molecule has 1 aliphatic heterocycles. The monoisotopic (exact) mass is 818 g/mol. The van der Waals surface area contributed by atoms with Gasteiger partial charge in [-0.2, -0.15) is 0 Å². The van der Waals surface area contributed by atoms with Crippen LogP contribution in [0, 0.1) is 18.6 Å². The number of methoxy groups -OCH3 is 1. The second-order valence-corrected chi connectivity index (χ2v) is 15.1. The molecule has 0 spiro atoms. The first kappa shape index (κ1) is 42.7. The maximum absolute atomic E-state index is 15.0. The van der Waals surface area contributed by atoms with E-state index in [1.54, 1.807) is 0 Å². The lowest BCUT2D eigenvalue weighted by Crippen LogP contribution is -2.62. The molecule has 0 amide bonds. The van der Waals surface area contributed by atoms with Crippen LogP contribution in [0.3, 0.4) is 0 Å². The number of ether oxygens (including phenoxy) is 7. The van der Waals surface area contributed by atoms with Crippen molar-refractivity contribution in [2.45, 2.75) is 90.4 Å². The van der Waals surface area contributed by atoms with E-state index >= 15 is 8.78 Å². The zero-order valence-corrected chi connectivity index (χ0v) is 34.4. The molecule has 0 radical (unpaired) electrons. The van der Waals surface area contributed by atoms with E-state index in [1.807, 2.05) is 147 Å². The fraction of sp³-hybridized carbons (Fsp3) is 0.327. The number of hydrogen-bond donors (Lipinski definition) is 0. The molecular formula is C49H52F2N2O7. The van der Waals surface area contributed by atoms with Crippen molar-refractivity contribution in [3.05, 3.63) is 184 Å². The second-order valence-electron chi connectivity index (χ2n) is 15.1. The number of rotatable bonds is 19. The van der Waals surface area contributed by atoms with Gasteiger partial charge in [0.15, 0.2) is 17.4 Å². The Morgan fingerprint density at radius 1 is 0.633 bits per heavy atom. The predicted octanol–water partition coefficient (Wildman–Crippen LogP) is 9.73. The van der Waals surface area contributed by atoms with Gasteiger partial charge in [-0.25, -0.2) is 8.78 Å². The fourth-order valence-corrected chi connectivity index (χ4v) is 7.39. The van der Waals surface area contributed by atoms with E-state index in [-0.39, 0.29) is 44.8 Å². The van der Waals surface area contributed by atoms with E-state index in [2.05, 4.69) is 0 Å². The third-order valence-electron chi connectivity index (χ3n) is 10.4. The SMILES string of the molecule is COc1c(F)cc(Cc2c(O[C@@H]3O[C@H](COCc4ccccc4)[C@@H](OCc4ccccc4)[C@H](OCc4ccccc4)[C@H]3OCc3ccccc3)nn(C(C)C)c2C)cc1F. The van der Waals surface area contributed by atoms with Crippen LogP contribution < -0.4 is 9.47 Å². The summed E-state index contributed by atoms with van der Waals surface area (Å²) >= 11 is 0. The average molecular weight is 819 g/mol. The molecule has 7 rings (SSSR count). The fourth-order valence-electron chi connectivity index (χ4n) is 7.39. The molecule has 2 heterocycles. The summed E-state index contributed by atoms with van der Waals surface area (Å²) in [5.74, 6) is -1.80. The molecule has 5 atom stereocenters. The van der Waals surface area contributed by atoms with Crippen LogP contribution in [0.15, 0.2) is 133 Å². The Labute approximate surface area is 350 Å². The summed E-state index contributed by atoms with van der Waals surface area (Å²) in [6.07, 6.45) is -3.92. The molecule has 0 N–H and O–H groups in total. The Hall–Kier alpha value is -5.43.